The summed E-state index contributed by atoms with van der Waals surface area (Å²) in [7, 11) is 0. The van der Waals surface area contributed by atoms with Gasteiger partial charge in [-0.05, 0) is 56.4 Å². The van der Waals surface area contributed by atoms with Gasteiger partial charge in [0.25, 0.3) is 5.91 Å². The van der Waals surface area contributed by atoms with E-state index in [-0.39, 0.29) is 18.1 Å². The van der Waals surface area contributed by atoms with Crippen molar-refractivity contribution >= 4 is 39.6 Å². The average Bonchev–Trinajstić information content (AvgIpc) is 3.16. The van der Waals surface area contributed by atoms with Gasteiger partial charge in [-0.3, -0.25) is 10.1 Å². The lowest BCUT2D eigenvalue weighted by Crippen LogP contribution is -2.42. The molecule has 0 radical (unpaired) electrons. The first-order valence-corrected chi connectivity index (χ1v) is 11.3. The van der Waals surface area contributed by atoms with Gasteiger partial charge in [0.05, 0.1) is 12.2 Å². The number of anilines is 1. The number of nitrogens with one attached hydrogen (secondary N) is 2. The number of carboxylic acid groups (broad SMARTS) is 1. The molecule has 0 aromatic heterocycles. The zero-order chi connectivity index (χ0) is 25.2. The van der Waals surface area contributed by atoms with Gasteiger partial charge >= 0.3 is 18.0 Å². The molecule has 10 heteroatoms. The monoisotopic (exact) mass is 544 g/mol. The zero-order valence-corrected chi connectivity index (χ0v) is 19.6. The summed E-state index contributed by atoms with van der Waals surface area (Å²) in [6.07, 6.45) is -0.703. The van der Waals surface area contributed by atoms with Crippen LogP contribution in [0.3, 0.4) is 0 Å². The van der Waals surface area contributed by atoms with Gasteiger partial charge in [0.15, 0.2) is 0 Å². The van der Waals surface area contributed by atoms with E-state index in [4.69, 9.17) is 9.84 Å². The SMILES string of the molecule is O=C(Nc1ccc(C(=O)NCC(F)(F)C(=O)O)cc1Br)OCC1c2ccccc2-c2ccccc21. The third-order valence-electron chi connectivity index (χ3n) is 5.60. The molecule has 0 fully saturated rings. The van der Waals surface area contributed by atoms with E-state index in [9.17, 15) is 23.2 Å². The minimum atomic E-state index is -4.08. The molecule has 2 amide bonds. The Morgan fingerprint density at radius 2 is 1.57 bits per heavy atom. The number of carbonyl (C=O) groups is 3. The predicted octanol–water partition coefficient (Wildman–Crippen LogP) is 5.26. The number of aliphatic carboxylic acids is 1. The summed E-state index contributed by atoms with van der Waals surface area (Å²) in [6.45, 7) is -1.23. The number of hydrogen-bond donors (Lipinski definition) is 3. The minimum Gasteiger partial charge on any atom is -0.477 e. The quantitative estimate of drug-likeness (QED) is 0.376. The molecular formula is C25H19BrF2N2O5. The predicted molar refractivity (Wildman–Crippen MR) is 128 cm³/mol. The summed E-state index contributed by atoms with van der Waals surface area (Å²) >= 11 is 3.23. The number of carbonyl (C=O) groups excluding carboxylic acids is 2. The number of carboxylic acids is 1. The second-order valence-electron chi connectivity index (χ2n) is 7.84. The molecule has 7 nitrogen and oxygen atoms in total. The van der Waals surface area contributed by atoms with Crippen LogP contribution in [-0.2, 0) is 9.53 Å². The van der Waals surface area contributed by atoms with Crippen molar-refractivity contribution in [2.24, 2.45) is 0 Å². The highest BCUT2D eigenvalue weighted by Gasteiger charge is 2.39. The number of ether oxygens (including phenoxy) is 1. The minimum absolute atomic E-state index is 0.00356. The summed E-state index contributed by atoms with van der Waals surface area (Å²) in [6, 6.07) is 19.9. The molecule has 0 unspecified atom stereocenters. The highest BCUT2D eigenvalue weighted by Crippen LogP contribution is 2.44. The standard InChI is InChI=1S/C25H19BrF2N2O5/c26-20-11-14(22(31)29-13-25(27,28)23(32)33)9-10-21(20)30-24(34)35-12-19-17-7-3-1-5-15(17)16-6-2-4-8-18(16)19/h1-11,19H,12-13H2,(H,29,31)(H,30,34)(H,32,33). The van der Waals surface area contributed by atoms with Gasteiger partial charge < -0.3 is 15.2 Å². The van der Waals surface area contributed by atoms with Crippen LogP contribution in [-0.4, -0.2) is 42.2 Å². The molecule has 0 spiro atoms. The molecule has 1 aliphatic rings. The Morgan fingerprint density at radius 1 is 0.971 bits per heavy atom. The third-order valence-corrected chi connectivity index (χ3v) is 6.25. The maximum atomic E-state index is 13.2. The van der Waals surface area contributed by atoms with Crippen LogP contribution in [0.25, 0.3) is 11.1 Å². The maximum absolute atomic E-state index is 13.2. The molecule has 1 aliphatic carbocycles. The Balaban J connectivity index is 1.38. The number of benzene rings is 3. The lowest BCUT2D eigenvalue weighted by molar-refractivity contribution is -0.163. The fourth-order valence-electron chi connectivity index (χ4n) is 3.87. The molecule has 4 rings (SSSR count). The van der Waals surface area contributed by atoms with Gasteiger partial charge in [0.1, 0.15) is 6.61 Å². The number of halogens is 3. The van der Waals surface area contributed by atoms with E-state index < -0.39 is 30.4 Å². The summed E-state index contributed by atoms with van der Waals surface area (Å²) in [5.74, 6) is -7.41. The molecule has 35 heavy (non-hydrogen) atoms. The van der Waals surface area contributed by atoms with Crippen molar-refractivity contribution in [1.82, 2.24) is 5.32 Å². The van der Waals surface area contributed by atoms with Crippen LogP contribution >= 0.6 is 15.9 Å². The van der Waals surface area contributed by atoms with Crippen LogP contribution in [0.5, 0.6) is 0 Å². The molecule has 0 heterocycles. The van der Waals surface area contributed by atoms with E-state index in [0.717, 1.165) is 22.3 Å². The topological polar surface area (TPSA) is 105 Å². The molecular weight excluding hydrogens is 526 g/mol. The highest BCUT2D eigenvalue weighted by atomic mass is 79.9. The molecule has 0 saturated heterocycles. The number of rotatable bonds is 7. The largest absolute Gasteiger partial charge is 0.477 e. The first-order chi connectivity index (χ1) is 16.7. The van der Waals surface area contributed by atoms with E-state index in [2.05, 4.69) is 21.2 Å². The van der Waals surface area contributed by atoms with Crippen molar-refractivity contribution in [2.45, 2.75) is 11.8 Å². The smallest absolute Gasteiger partial charge is 0.411 e. The molecule has 0 aliphatic heterocycles. The summed E-state index contributed by atoms with van der Waals surface area (Å²) in [4.78, 5) is 35.0. The lowest BCUT2D eigenvalue weighted by Gasteiger charge is -2.15. The van der Waals surface area contributed by atoms with Crippen molar-refractivity contribution in [3.8, 4) is 11.1 Å². The van der Waals surface area contributed by atoms with E-state index in [1.807, 2.05) is 53.8 Å². The Kier molecular flexibility index (Phi) is 6.83. The van der Waals surface area contributed by atoms with Crippen LogP contribution in [0, 0.1) is 0 Å². The van der Waals surface area contributed by atoms with Gasteiger partial charge in [-0.25, -0.2) is 9.59 Å². The van der Waals surface area contributed by atoms with Crippen LogP contribution in [0.15, 0.2) is 71.2 Å². The summed E-state index contributed by atoms with van der Waals surface area (Å²) < 4.78 is 32.1. The van der Waals surface area contributed by atoms with Crippen molar-refractivity contribution in [3.63, 3.8) is 0 Å². The van der Waals surface area contributed by atoms with Crippen molar-refractivity contribution < 1.29 is 33.0 Å². The van der Waals surface area contributed by atoms with Gasteiger partial charge in [0.2, 0.25) is 0 Å². The Hall–Kier alpha value is -3.79. The van der Waals surface area contributed by atoms with Gasteiger partial charge in [-0.2, -0.15) is 8.78 Å². The molecule has 0 bridgehead atoms. The zero-order valence-electron chi connectivity index (χ0n) is 18.1. The average molecular weight is 545 g/mol. The van der Waals surface area contributed by atoms with Crippen molar-refractivity contribution in [3.05, 3.63) is 87.9 Å². The van der Waals surface area contributed by atoms with Crippen molar-refractivity contribution in [2.75, 3.05) is 18.5 Å². The highest BCUT2D eigenvalue weighted by molar-refractivity contribution is 9.10. The van der Waals surface area contributed by atoms with Gasteiger partial charge in [-0.15, -0.1) is 0 Å². The number of hydrogen-bond acceptors (Lipinski definition) is 4. The fourth-order valence-corrected chi connectivity index (χ4v) is 4.35. The van der Waals surface area contributed by atoms with E-state index in [0.29, 0.717) is 10.2 Å². The van der Waals surface area contributed by atoms with E-state index in [1.165, 1.54) is 18.2 Å². The summed E-state index contributed by atoms with van der Waals surface area (Å²) in [5, 5.41) is 12.9. The lowest BCUT2D eigenvalue weighted by atomic mass is 9.98. The van der Waals surface area contributed by atoms with Gasteiger partial charge in [-0.1, -0.05) is 48.5 Å². The van der Waals surface area contributed by atoms with Crippen LogP contribution < -0.4 is 10.6 Å². The first-order valence-electron chi connectivity index (χ1n) is 10.5. The molecule has 3 aromatic rings. The van der Waals surface area contributed by atoms with Crippen LogP contribution in [0.1, 0.15) is 27.4 Å². The molecule has 3 N–H and O–H groups in total. The molecule has 0 atom stereocenters. The first kappa shape index (κ1) is 24.3. The van der Waals surface area contributed by atoms with E-state index >= 15 is 0 Å². The number of fused-ring (bicyclic) bond motifs is 3. The second kappa shape index (κ2) is 9.83. The van der Waals surface area contributed by atoms with Crippen LogP contribution in [0.4, 0.5) is 19.3 Å². The Bertz CT molecular complexity index is 1270. The summed E-state index contributed by atoms with van der Waals surface area (Å²) in [5.41, 5.74) is 4.66. The maximum Gasteiger partial charge on any atom is 0.411 e. The second-order valence-corrected chi connectivity index (χ2v) is 8.69. The third kappa shape index (κ3) is 5.17. The molecule has 3 aromatic carbocycles. The normalized spacial score (nSPS) is 12.4. The van der Waals surface area contributed by atoms with Crippen LogP contribution in [0.2, 0.25) is 0 Å². The molecule has 180 valence electrons. The van der Waals surface area contributed by atoms with E-state index in [1.54, 1.807) is 0 Å². The van der Waals surface area contributed by atoms with Crippen molar-refractivity contribution in [1.29, 1.82) is 0 Å². The Morgan fingerprint density at radius 3 is 2.14 bits per heavy atom. The fraction of sp³-hybridized carbons (Fsp3) is 0.160. The number of amides is 2. The molecule has 0 saturated carbocycles. The van der Waals surface area contributed by atoms with Gasteiger partial charge in [0, 0.05) is 16.0 Å². The Labute approximate surface area is 207 Å². The number of alkyl halides is 2.